The Morgan fingerprint density at radius 3 is 2.94 bits per heavy atom. The Morgan fingerprint density at radius 1 is 1.59 bits per heavy atom. The van der Waals surface area contributed by atoms with E-state index in [9.17, 15) is 4.79 Å². The Balaban J connectivity index is 2.13. The SMILES string of the molecule is CC(C)C1CCN(c2ccnc(C(=O)O)c2)C1. The standard InChI is InChI=1S/C13H18N2O2/c1-9(2)10-4-6-15(8-10)11-3-5-14-12(7-11)13(16)17/h3,5,7,9-10H,4,6,8H2,1-2H3,(H,16,17). The van der Waals surface area contributed by atoms with Crippen molar-refractivity contribution in [3.63, 3.8) is 0 Å². The average Bonchev–Trinajstić information content (AvgIpc) is 2.78. The van der Waals surface area contributed by atoms with Crippen molar-refractivity contribution in [2.75, 3.05) is 18.0 Å². The third kappa shape index (κ3) is 2.57. The topological polar surface area (TPSA) is 53.4 Å². The summed E-state index contributed by atoms with van der Waals surface area (Å²) in [5, 5.41) is 8.91. The van der Waals surface area contributed by atoms with Crippen molar-refractivity contribution in [2.45, 2.75) is 20.3 Å². The number of rotatable bonds is 3. The minimum absolute atomic E-state index is 0.121. The van der Waals surface area contributed by atoms with Gasteiger partial charge in [0.1, 0.15) is 5.69 Å². The van der Waals surface area contributed by atoms with Crippen LogP contribution >= 0.6 is 0 Å². The molecule has 17 heavy (non-hydrogen) atoms. The van der Waals surface area contributed by atoms with Crippen molar-refractivity contribution in [2.24, 2.45) is 11.8 Å². The summed E-state index contributed by atoms with van der Waals surface area (Å²) < 4.78 is 0. The Hall–Kier alpha value is -1.58. The molecule has 2 heterocycles. The number of hydrogen-bond donors (Lipinski definition) is 1. The largest absolute Gasteiger partial charge is 0.477 e. The third-order valence-corrected chi connectivity index (χ3v) is 3.50. The lowest BCUT2D eigenvalue weighted by Gasteiger charge is -2.20. The lowest BCUT2D eigenvalue weighted by molar-refractivity contribution is 0.0690. The first kappa shape index (κ1) is 11.9. The van der Waals surface area contributed by atoms with Crippen LogP contribution in [0.15, 0.2) is 18.3 Å². The molecule has 0 aromatic carbocycles. The summed E-state index contributed by atoms with van der Waals surface area (Å²) in [4.78, 5) is 16.9. The molecule has 4 nitrogen and oxygen atoms in total. The van der Waals surface area contributed by atoms with Gasteiger partial charge in [0.15, 0.2) is 0 Å². The zero-order valence-electron chi connectivity index (χ0n) is 10.3. The number of nitrogens with zero attached hydrogens (tertiary/aromatic N) is 2. The molecule has 1 aromatic rings. The molecule has 0 saturated carbocycles. The molecule has 4 heteroatoms. The fourth-order valence-corrected chi connectivity index (χ4v) is 2.30. The molecular formula is C13H18N2O2. The number of carboxylic acid groups (broad SMARTS) is 1. The maximum Gasteiger partial charge on any atom is 0.354 e. The first-order valence-electron chi connectivity index (χ1n) is 6.02. The number of pyridine rings is 1. The molecule has 1 atom stereocenters. The van der Waals surface area contributed by atoms with E-state index in [4.69, 9.17) is 5.11 Å². The van der Waals surface area contributed by atoms with Crippen molar-refractivity contribution in [3.8, 4) is 0 Å². The average molecular weight is 234 g/mol. The molecule has 1 aliphatic heterocycles. The van der Waals surface area contributed by atoms with Gasteiger partial charge in [-0.3, -0.25) is 0 Å². The Labute approximate surface area is 101 Å². The molecule has 0 amide bonds. The number of aromatic nitrogens is 1. The number of aromatic carboxylic acids is 1. The van der Waals surface area contributed by atoms with Crippen molar-refractivity contribution in [3.05, 3.63) is 24.0 Å². The minimum atomic E-state index is -0.966. The molecule has 1 fully saturated rings. The first-order valence-corrected chi connectivity index (χ1v) is 6.02. The summed E-state index contributed by atoms with van der Waals surface area (Å²) in [6.07, 6.45) is 2.75. The zero-order chi connectivity index (χ0) is 12.4. The van der Waals surface area contributed by atoms with E-state index < -0.39 is 5.97 Å². The van der Waals surface area contributed by atoms with Gasteiger partial charge < -0.3 is 10.0 Å². The number of anilines is 1. The van der Waals surface area contributed by atoms with Gasteiger partial charge in [-0.2, -0.15) is 0 Å². The summed E-state index contributed by atoms with van der Waals surface area (Å²) in [6.45, 7) is 6.50. The second-order valence-corrected chi connectivity index (χ2v) is 4.94. The highest BCUT2D eigenvalue weighted by Gasteiger charge is 2.25. The fraction of sp³-hybridized carbons (Fsp3) is 0.538. The summed E-state index contributed by atoms with van der Waals surface area (Å²) in [7, 11) is 0. The van der Waals surface area contributed by atoms with Gasteiger partial charge in [0.2, 0.25) is 0 Å². The molecule has 1 N–H and O–H groups in total. The van der Waals surface area contributed by atoms with E-state index in [0.29, 0.717) is 11.8 Å². The van der Waals surface area contributed by atoms with Crippen molar-refractivity contribution < 1.29 is 9.90 Å². The van der Waals surface area contributed by atoms with Crippen LogP contribution in [-0.2, 0) is 0 Å². The predicted octanol–water partition coefficient (Wildman–Crippen LogP) is 2.26. The first-order chi connectivity index (χ1) is 8.08. The van der Waals surface area contributed by atoms with Crippen molar-refractivity contribution in [1.82, 2.24) is 4.98 Å². The van der Waals surface area contributed by atoms with Gasteiger partial charge in [0.25, 0.3) is 0 Å². The van der Waals surface area contributed by atoms with Gasteiger partial charge >= 0.3 is 5.97 Å². The van der Waals surface area contributed by atoms with Gasteiger partial charge in [-0.15, -0.1) is 0 Å². The van der Waals surface area contributed by atoms with Crippen LogP contribution in [0, 0.1) is 11.8 Å². The van der Waals surface area contributed by atoms with E-state index in [1.807, 2.05) is 6.07 Å². The van der Waals surface area contributed by atoms with Crippen LogP contribution in [0.1, 0.15) is 30.8 Å². The molecule has 2 rings (SSSR count). The van der Waals surface area contributed by atoms with Crippen LogP contribution in [0.5, 0.6) is 0 Å². The molecule has 92 valence electrons. The highest BCUT2D eigenvalue weighted by Crippen LogP contribution is 2.28. The summed E-state index contributed by atoms with van der Waals surface area (Å²) in [5.41, 5.74) is 1.09. The Bertz CT molecular complexity index is 418. The predicted molar refractivity (Wildman–Crippen MR) is 66.4 cm³/mol. The molecular weight excluding hydrogens is 216 g/mol. The van der Waals surface area contributed by atoms with E-state index in [-0.39, 0.29) is 5.69 Å². The lowest BCUT2D eigenvalue weighted by atomic mass is 9.95. The van der Waals surface area contributed by atoms with Crippen LogP contribution in [0.4, 0.5) is 5.69 Å². The number of carbonyl (C=O) groups is 1. The van der Waals surface area contributed by atoms with E-state index >= 15 is 0 Å². The molecule has 1 aromatic heterocycles. The molecule has 1 saturated heterocycles. The minimum Gasteiger partial charge on any atom is -0.477 e. The van der Waals surface area contributed by atoms with Crippen LogP contribution in [-0.4, -0.2) is 29.1 Å². The number of hydrogen-bond acceptors (Lipinski definition) is 3. The molecule has 1 aliphatic rings. The van der Waals surface area contributed by atoms with E-state index in [1.165, 1.54) is 6.42 Å². The quantitative estimate of drug-likeness (QED) is 0.871. The van der Waals surface area contributed by atoms with Gasteiger partial charge in [-0.1, -0.05) is 13.8 Å². The van der Waals surface area contributed by atoms with Crippen LogP contribution in [0.3, 0.4) is 0 Å². The maximum absolute atomic E-state index is 10.9. The normalized spacial score (nSPS) is 19.9. The lowest BCUT2D eigenvalue weighted by Crippen LogP contribution is -2.21. The highest BCUT2D eigenvalue weighted by atomic mass is 16.4. The van der Waals surface area contributed by atoms with Gasteiger partial charge in [-0.25, -0.2) is 9.78 Å². The highest BCUT2D eigenvalue weighted by molar-refractivity contribution is 5.86. The smallest absolute Gasteiger partial charge is 0.354 e. The van der Waals surface area contributed by atoms with Crippen LogP contribution in [0.25, 0.3) is 0 Å². The van der Waals surface area contributed by atoms with Gasteiger partial charge in [0, 0.05) is 25.0 Å². The molecule has 0 radical (unpaired) electrons. The zero-order valence-corrected chi connectivity index (χ0v) is 10.3. The summed E-state index contributed by atoms with van der Waals surface area (Å²) in [6, 6.07) is 3.54. The molecule has 0 spiro atoms. The maximum atomic E-state index is 10.9. The number of carboxylic acids is 1. The Kier molecular flexibility index (Phi) is 3.31. The Morgan fingerprint density at radius 2 is 2.35 bits per heavy atom. The fourth-order valence-electron chi connectivity index (χ4n) is 2.30. The molecule has 0 aliphatic carbocycles. The van der Waals surface area contributed by atoms with E-state index in [0.717, 1.165) is 18.8 Å². The van der Waals surface area contributed by atoms with E-state index in [2.05, 4.69) is 23.7 Å². The van der Waals surface area contributed by atoms with E-state index in [1.54, 1.807) is 12.3 Å². The van der Waals surface area contributed by atoms with Crippen molar-refractivity contribution >= 4 is 11.7 Å². The van der Waals surface area contributed by atoms with Crippen LogP contribution < -0.4 is 4.90 Å². The second-order valence-electron chi connectivity index (χ2n) is 4.94. The monoisotopic (exact) mass is 234 g/mol. The molecule has 1 unspecified atom stereocenters. The molecule has 0 bridgehead atoms. The third-order valence-electron chi connectivity index (χ3n) is 3.50. The van der Waals surface area contributed by atoms with Gasteiger partial charge in [0.05, 0.1) is 0 Å². The van der Waals surface area contributed by atoms with Gasteiger partial charge in [-0.05, 0) is 30.4 Å². The summed E-state index contributed by atoms with van der Waals surface area (Å²) >= 11 is 0. The van der Waals surface area contributed by atoms with Crippen LogP contribution in [0.2, 0.25) is 0 Å². The second kappa shape index (κ2) is 4.73. The summed E-state index contributed by atoms with van der Waals surface area (Å²) in [5.74, 6) is 0.420. The van der Waals surface area contributed by atoms with Crippen molar-refractivity contribution in [1.29, 1.82) is 0 Å².